The van der Waals surface area contributed by atoms with Gasteiger partial charge < -0.3 is 19.8 Å². The van der Waals surface area contributed by atoms with Crippen LogP contribution in [0.15, 0.2) is 0 Å². The first-order valence-corrected chi connectivity index (χ1v) is 4.84. The Morgan fingerprint density at radius 2 is 1.60 bits per heavy atom. The minimum Gasteiger partial charge on any atom is -0.550 e. The topological polar surface area (TPSA) is 80.3 Å². The first-order valence-electron chi connectivity index (χ1n) is 4.84. The molecule has 0 saturated heterocycles. The summed E-state index contributed by atoms with van der Waals surface area (Å²) in [5.74, 6) is -2.20. The summed E-state index contributed by atoms with van der Waals surface area (Å²) in [5.41, 5.74) is 0. The van der Waals surface area contributed by atoms with Crippen LogP contribution in [0.5, 0.6) is 0 Å². The van der Waals surface area contributed by atoms with Gasteiger partial charge in [0.15, 0.2) is 0 Å². The van der Waals surface area contributed by atoms with Gasteiger partial charge in [-0.15, -0.1) is 0 Å². The van der Waals surface area contributed by atoms with E-state index in [0.29, 0.717) is 6.42 Å². The molecule has 0 rings (SSSR count). The second kappa shape index (κ2) is 13.7. The molecule has 0 fully saturated rings. The maximum atomic E-state index is 10.3. The van der Waals surface area contributed by atoms with E-state index in [9.17, 15) is 9.90 Å². The fourth-order valence-electron chi connectivity index (χ4n) is 0.939. The first-order chi connectivity index (χ1) is 6.45. The van der Waals surface area contributed by atoms with Crippen molar-refractivity contribution in [2.75, 3.05) is 0 Å². The third-order valence-electron chi connectivity index (χ3n) is 1.73. The summed E-state index contributed by atoms with van der Waals surface area (Å²) in [5, 5.41) is 19.2. The molecule has 2 radical (unpaired) electrons. The van der Waals surface area contributed by atoms with Crippen LogP contribution in [0.4, 0.5) is 0 Å². The summed E-state index contributed by atoms with van der Waals surface area (Å²) in [6, 6.07) is 0. The standard InChI is InChI=1S/C8H16O2.C2H4O2.Sn/c1-3-5-6-7(4-2)8(9)10;1-2(3)4;/h7H,3-6H2,1-2H3,(H,9,10);1H3,(H,3,4);/q;;+2/p-2. The van der Waals surface area contributed by atoms with Gasteiger partial charge in [-0.05, 0) is 25.7 Å². The molecule has 0 N–H and O–H groups in total. The van der Waals surface area contributed by atoms with Gasteiger partial charge in [0.25, 0.3) is 0 Å². The summed E-state index contributed by atoms with van der Waals surface area (Å²) in [4.78, 5) is 19.2. The van der Waals surface area contributed by atoms with Crippen molar-refractivity contribution in [1.82, 2.24) is 0 Å². The Bertz CT molecular complexity index is 167. The maximum Gasteiger partial charge on any atom is 2.00 e. The van der Waals surface area contributed by atoms with E-state index >= 15 is 0 Å². The normalized spacial score (nSPS) is 10.3. The number of aliphatic carboxylic acids is 2. The van der Waals surface area contributed by atoms with Crippen molar-refractivity contribution in [1.29, 1.82) is 0 Å². The van der Waals surface area contributed by atoms with Crippen molar-refractivity contribution in [2.45, 2.75) is 46.5 Å². The molecule has 0 spiro atoms. The van der Waals surface area contributed by atoms with Crippen LogP contribution in [0.25, 0.3) is 0 Å². The predicted molar refractivity (Wildman–Crippen MR) is 54.7 cm³/mol. The minimum absolute atomic E-state index is 0. The van der Waals surface area contributed by atoms with E-state index in [1.165, 1.54) is 0 Å². The Labute approximate surface area is 108 Å². The fourth-order valence-corrected chi connectivity index (χ4v) is 0.939. The summed E-state index contributed by atoms with van der Waals surface area (Å²) in [7, 11) is 0. The van der Waals surface area contributed by atoms with E-state index in [4.69, 9.17) is 9.90 Å². The third-order valence-corrected chi connectivity index (χ3v) is 1.73. The number of carboxylic acid groups (broad SMARTS) is 2. The molecule has 0 aliphatic carbocycles. The zero-order valence-corrected chi connectivity index (χ0v) is 12.4. The van der Waals surface area contributed by atoms with Gasteiger partial charge in [-0.1, -0.05) is 26.7 Å². The largest absolute Gasteiger partial charge is 2.00 e. The number of hydrogen-bond donors (Lipinski definition) is 0. The second-order valence-electron chi connectivity index (χ2n) is 3.06. The van der Waals surface area contributed by atoms with Gasteiger partial charge in [0, 0.05) is 11.9 Å². The Kier molecular flexibility index (Phi) is 18.5. The number of carbonyl (C=O) groups is 2. The van der Waals surface area contributed by atoms with Crippen molar-refractivity contribution in [3.05, 3.63) is 0 Å². The second-order valence-corrected chi connectivity index (χ2v) is 3.06. The summed E-state index contributed by atoms with van der Waals surface area (Å²) < 4.78 is 0. The van der Waals surface area contributed by atoms with Gasteiger partial charge in [0.2, 0.25) is 0 Å². The number of hydrogen-bond acceptors (Lipinski definition) is 4. The van der Waals surface area contributed by atoms with Crippen LogP contribution in [-0.4, -0.2) is 35.8 Å². The van der Waals surface area contributed by atoms with Gasteiger partial charge >= 0.3 is 23.9 Å². The zero-order chi connectivity index (χ0) is 11.6. The molecule has 0 amide bonds. The molecule has 0 heterocycles. The molecule has 1 unspecified atom stereocenters. The van der Waals surface area contributed by atoms with E-state index in [0.717, 1.165) is 26.2 Å². The van der Waals surface area contributed by atoms with Crippen molar-refractivity contribution >= 4 is 35.8 Å². The minimum atomic E-state index is -1.08. The van der Waals surface area contributed by atoms with Crippen LogP contribution < -0.4 is 10.2 Å². The van der Waals surface area contributed by atoms with Gasteiger partial charge in [-0.2, -0.15) is 0 Å². The van der Waals surface area contributed by atoms with Gasteiger partial charge in [0.1, 0.15) is 0 Å². The number of carboxylic acids is 2. The van der Waals surface area contributed by atoms with E-state index < -0.39 is 11.9 Å². The van der Waals surface area contributed by atoms with Crippen molar-refractivity contribution in [3.63, 3.8) is 0 Å². The number of unbranched alkanes of at least 4 members (excludes halogenated alkanes) is 1. The monoisotopic (exact) mass is 322 g/mol. The Balaban J connectivity index is -0.000000249. The van der Waals surface area contributed by atoms with E-state index in [1.54, 1.807) is 0 Å². The Morgan fingerprint density at radius 3 is 1.80 bits per heavy atom. The van der Waals surface area contributed by atoms with Crippen LogP contribution in [-0.2, 0) is 9.59 Å². The Hall–Kier alpha value is -0.261. The molecule has 1 atom stereocenters. The number of rotatable bonds is 5. The van der Waals surface area contributed by atoms with E-state index in [1.807, 2.05) is 6.92 Å². The number of carbonyl (C=O) groups excluding carboxylic acids is 2. The van der Waals surface area contributed by atoms with Crippen LogP contribution in [0, 0.1) is 5.92 Å². The van der Waals surface area contributed by atoms with Crippen LogP contribution in [0.1, 0.15) is 46.5 Å². The van der Waals surface area contributed by atoms with E-state index in [-0.39, 0.29) is 29.8 Å². The molecule has 0 aromatic carbocycles. The molecule has 0 aliphatic rings. The van der Waals surface area contributed by atoms with Crippen molar-refractivity contribution in [3.8, 4) is 0 Å². The quantitative estimate of drug-likeness (QED) is 0.629. The molecular weight excluding hydrogens is 303 g/mol. The molecule has 86 valence electrons. The molecule has 4 nitrogen and oxygen atoms in total. The molecular formula is C10H18O4Sn. The van der Waals surface area contributed by atoms with Crippen LogP contribution in [0.2, 0.25) is 0 Å². The third kappa shape index (κ3) is 20.0. The van der Waals surface area contributed by atoms with Gasteiger partial charge in [-0.25, -0.2) is 0 Å². The molecule has 0 bridgehead atoms. The average Bonchev–Trinajstić information content (AvgIpc) is 2.04. The average molecular weight is 321 g/mol. The van der Waals surface area contributed by atoms with Gasteiger partial charge in [0.05, 0.1) is 0 Å². The molecule has 0 aromatic rings. The van der Waals surface area contributed by atoms with E-state index in [2.05, 4.69) is 6.92 Å². The smallest absolute Gasteiger partial charge is 0.550 e. The zero-order valence-electron chi connectivity index (χ0n) is 9.54. The first kappa shape index (κ1) is 20.2. The van der Waals surface area contributed by atoms with Crippen LogP contribution in [0.3, 0.4) is 0 Å². The molecule has 0 aliphatic heterocycles. The maximum absolute atomic E-state index is 10.3. The predicted octanol–water partition coefficient (Wildman–Crippen LogP) is -0.672. The summed E-state index contributed by atoms with van der Waals surface area (Å²) >= 11 is 0. The Morgan fingerprint density at radius 1 is 1.20 bits per heavy atom. The SMILES string of the molecule is CC(=O)[O-].CCCCC(CC)C(=O)[O-].[Sn+2]. The molecule has 5 heteroatoms. The molecule has 15 heavy (non-hydrogen) atoms. The summed E-state index contributed by atoms with van der Waals surface area (Å²) in [6.45, 7) is 4.91. The van der Waals surface area contributed by atoms with Crippen LogP contribution >= 0.6 is 0 Å². The summed E-state index contributed by atoms with van der Waals surface area (Å²) in [6.07, 6.45) is 3.52. The van der Waals surface area contributed by atoms with Crippen molar-refractivity contribution < 1.29 is 19.8 Å². The fraction of sp³-hybridized carbons (Fsp3) is 0.800. The van der Waals surface area contributed by atoms with Crippen molar-refractivity contribution in [2.24, 2.45) is 5.92 Å². The van der Waals surface area contributed by atoms with Gasteiger partial charge in [-0.3, -0.25) is 0 Å². The molecule has 0 saturated carbocycles. The molecule has 0 aromatic heterocycles.